The largest absolute Gasteiger partial charge is 0.311 e. The molecule has 130 valence electrons. The van der Waals surface area contributed by atoms with Gasteiger partial charge < -0.3 is 4.90 Å². The van der Waals surface area contributed by atoms with Gasteiger partial charge in [0.25, 0.3) is 0 Å². The van der Waals surface area contributed by atoms with Gasteiger partial charge in [-0.05, 0) is 48.7 Å². The molecule has 26 heavy (non-hydrogen) atoms. The summed E-state index contributed by atoms with van der Waals surface area (Å²) in [5.41, 5.74) is 4.07. The van der Waals surface area contributed by atoms with Gasteiger partial charge in [0.2, 0.25) is 5.91 Å². The maximum Gasteiger partial charge on any atom is 0.237 e. The molecule has 3 heterocycles. The average Bonchev–Trinajstić information content (AvgIpc) is 2.72. The number of nitrogens with zero attached hydrogens (tertiary/aromatic N) is 4. The van der Waals surface area contributed by atoms with Crippen molar-refractivity contribution in [1.29, 1.82) is 0 Å². The number of fused-ring (bicyclic) bond motifs is 1. The van der Waals surface area contributed by atoms with E-state index in [1.807, 2.05) is 47.4 Å². The van der Waals surface area contributed by atoms with Crippen LogP contribution in [0.2, 0.25) is 0 Å². The summed E-state index contributed by atoms with van der Waals surface area (Å²) in [5, 5.41) is 9.24. The Morgan fingerprint density at radius 1 is 1.04 bits per heavy atom. The third kappa shape index (κ3) is 3.60. The number of benzene rings is 1. The lowest BCUT2D eigenvalue weighted by atomic mass is 10.0. The van der Waals surface area contributed by atoms with Crippen LogP contribution in [0.15, 0.2) is 66.0 Å². The molecule has 6 heteroatoms. The number of carbonyl (C=O) groups is 1. The molecule has 1 aliphatic heterocycles. The van der Waals surface area contributed by atoms with Crippen molar-refractivity contribution in [2.45, 2.75) is 17.9 Å². The number of hydrogen-bond acceptors (Lipinski definition) is 5. The van der Waals surface area contributed by atoms with Crippen LogP contribution < -0.4 is 4.90 Å². The van der Waals surface area contributed by atoms with Crippen LogP contribution in [0.3, 0.4) is 0 Å². The zero-order valence-corrected chi connectivity index (χ0v) is 15.0. The molecule has 3 aromatic rings. The van der Waals surface area contributed by atoms with E-state index in [-0.39, 0.29) is 5.91 Å². The zero-order chi connectivity index (χ0) is 17.8. The van der Waals surface area contributed by atoms with Crippen molar-refractivity contribution < 1.29 is 4.79 Å². The Labute approximate surface area is 156 Å². The second-order valence-electron chi connectivity index (χ2n) is 6.06. The number of rotatable bonds is 4. The molecule has 0 aliphatic carbocycles. The first-order chi connectivity index (χ1) is 12.8. The summed E-state index contributed by atoms with van der Waals surface area (Å²) in [4.78, 5) is 18.6. The monoisotopic (exact) mass is 362 g/mol. The summed E-state index contributed by atoms with van der Waals surface area (Å²) >= 11 is 1.42. The van der Waals surface area contributed by atoms with Gasteiger partial charge >= 0.3 is 0 Å². The fourth-order valence-corrected chi connectivity index (χ4v) is 3.77. The minimum absolute atomic E-state index is 0.113. The van der Waals surface area contributed by atoms with E-state index in [1.165, 1.54) is 17.3 Å². The summed E-state index contributed by atoms with van der Waals surface area (Å²) in [6, 6.07) is 15.8. The first kappa shape index (κ1) is 16.7. The second-order valence-corrected chi connectivity index (χ2v) is 7.05. The lowest BCUT2D eigenvalue weighted by Crippen LogP contribution is -2.36. The maximum atomic E-state index is 12.7. The minimum atomic E-state index is 0.113. The van der Waals surface area contributed by atoms with Crippen molar-refractivity contribution in [3.05, 3.63) is 66.5 Å². The topological polar surface area (TPSA) is 59.0 Å². The lowest BCUT2D eigenvalue weighted by Gasteiger charge is -2.29. The van der Waals surface area contributed by atoms with Gasteiger partial charge in [0.05, 0.1) is 11.4 Å². The summed E-state index contributed by atoms with van der Waals surface area (Å²) in [5.74, 6) is 0.472. The summed E-state index contributed by atoms with van der Waals surface area (Å²) in [6.07, 6.45) is 5.51. The van der Waals surface area contributed by atoms with E-state index in [0.717, 1.165) is 41.4 Å². The number of para-hydroxylation sites is 1. The molecule has 1 aliphatic rings. The highest BCUT2D eigenvalue weighted by Crippen LogP contribution is 2.28. The number of hydrogen-bond donors (Lipinski definition) is 0. The number of amides is 1. The normalized spacial score (nSPS) is 13.3. The van der Waals surface area contributed by atoms with Gasteiger partial charge in [-0.3, -0.25) is 9.78 Å². The molecular weight excluding hydrogens is 344 g/mol. The standard InChI is InChI=1S/C20H18N4OS/c25-20(24-13-3-5-16-4-1-2-6-18(16)24)14-26-19-8-7-17(22-23-19)15-9-11-21-12-10-15/h1-2,4,6-12H,3,5,13-14H2. The number of anilines is 1. The van der Waals surface area contributed by atoms with Crippen molar-refractivity contribution in [1.82, 2.24) is 15.2 Å². The van der Waals surface area contributed by atoms with Crippen LogP contribution in [0.4, 0.5) is 5.69 Å². The molecule has 2 aromatic heterocycles. The molecule has 0 unspecified atom stereocenters. The van der Waals surface area contributed by atoms with Crippen LogP contribution >= 0.6 is 11.8 Å². The molecular formula is C20H18N4OS. The van der Waals surface area contributed by atoms with Gasteiger partial charge in [-0.25, -0.2) is 0 Å². The maximum absolute atomic E-state index is 12.7. The number of thioether (sulfide) groups is 1. The zero-order valence-electron chi connectivity index (χ0n) is 14.2. The highest BCUT2D eigenvalue weighted by atomic mass is 32.2. The molecule has 4 rings (SSSR count). The van der Waals surface area contributed by atoms with E-state index in [9.17, 15) is 4.79 Å². The highest BCUT2D eigenvalue weighted by molar-refractivity contribution is 7.99. The van der Waals surface area contributed by atoms with E-state index in [0.29, 0.717) is 5.75 Å². The van der Waals surface area contributed by atoms with Crippen molar-refractivity contribution in [3.8, 4) is 11.3 Å². The molecule has 0 radical (unpaired) electrons. The Bertz CT molecular complexity index is 899. The van der Waals surface area contributed by atoms with Crippen molar-refractivity contribution >= 4 is 23.4 Å². The molecule has 0 atom stereocenters. The fraction of sp³-hybridized carbons (Fsp3) is 0.200. The Morgan fingerprint density at radius 3 is 2.69 bits per heavy atom. The van der Waals surface area contributed by atoms with Crippen LogP contribution in [-0.2, 0) is 11.2 Å². The smallest absolute Gasteiger partial charge is 0.237 e. The van der Waals surface area contributed by atoms with Crippen molar-refractivity contribution in [2.24, 2.45) is 0 Å². The highest BCUT2D eigenvalue weighted by Gasteiger charge is 2.22. The van der Waals surface area contributed by atoms with Gasteiger partial charge in [0.15, 0.2) is 0 Å². The van der Waals surface area contributed by atoms with Gasteiger partial charge in [0.1, 0.15) is 5.03 Å². The molecule has 0 saturated heterocycles. The minimum Gasteiger partial charge on any atom is -0.311 e. The molecule has 0 bridgehead atoms. The predicted molar refractivity (Wildman–Crippen MR) is 103 cm³/mol. The summed E-state index contributed by atoms with van der Waals surface area (Å²) in [6.45, 7) is 0.781. The van der Waals surface area contributed by atoms with Crippen LogP contribution in [0.25, 0.3) is 11.3 Å². The van der Waals surface area contributed by atoms with E-state index < -0.39 is 0 Å². The SMILES string of the molecule is O=C(CSc1ccc(-c2ccncc2)nn1)N1CCCc2ccccc21. The van der Waals surface area contributed by atoms with Gasteiger partial charge in [-0.2, -0.15) is 0 Å². The van der Waals surface area contributed by atoms with Gasteiger partial charge in [-0.1, -0.05) is 30.0 Å². The Kier molecular flexibility index (Phi) is 4.93. The van der Waals surface area contributed by atoms with Crippen LogP contribution in [0.5, 0.6) is 0 Å². The predicted octanol–water partition coefficient (Wildman–Crippen LogP) is 3.61. The number of carbonyl (C=O) groups excluding carboxylic acids is 1. The van der Waals surface area contributed by atoms with E-state index in [1.54, 1.807) is 12.4 Å². The van der Waals surface area contributed by atoms with Crippen LogP contribution in [0.1, 0.15) is 12.0 Å². The van der Waals surface area contributed by atoms with E-state index in [4.69, 9.17) is 0 Å². The molecule has 0 N–H and O–H groups in total. The number of aryl methyl sites for hydroxylation is 1. The number of pyridine rings is 1. The van der Waals surface area contributed by atoms with E-state index in [2.05, 4.69) is 21.2 Å². The van der Waals surface area contributed by atoms with Gasteiger partial charge in [-0.15, -0.1) is 10.2 Å². The third-order valence-electron chi connectivity index (χ3n) is 4.37. The fourth-order valence-electron chi connectivity index (χ4n) is 3.08. The van der Waals surface area contributed by atoms with E-state index >= 15 is 0 Å². The van der Waals surface area contributed by atoms with Crippen LogP contribution in [-0.4, -0.2) is 33.4 Å². The van der Waals surface area contributed by atoms with Crippen molar-refractivity contribution in [2.75, 3.05) is 17.2 Å². The number of aromatic nitrogens is 3. The molecule has 0 saturated carbocycles. The third-order valence-corrected chi connectivity index (χ3v) is 5.28. The second kappa shape index (κ2) is 7.66. The summed E-state index contributed by atoms with van der Waals surface area (Å²) in [7, 11) is 0. The van der Waals surface area contributed by atoms with Crippen molar-refractivity contribution in [3.63, 3.8) is 0 Å². The van der Waals surface area contributed by atoms with Gasteiger partial charge in [0, 0.05) is 30.2 Å². The lowest BCUT2D eigenvalue weighted by molar-refractivity contribution is -0.116. The molecule has 0 fully saturated rings. The molecule has 5 nitrogen and oxygen atoms in total. The first-order valence-electron chi connectivity index (χ1n) is 8.56. The molecule has 1 aromatic carbocycles. The quantitative estimate of drug-likeness (QED) is 0.664. The Hall–Kier alpha value is -2.73. The first-order valence-corrected chi connectivity index (χ1v) is 9.55. The summed E-state index contributed by atoms with van der Waals surface area (Å²) < 4.78 is 0. The molecule has 1 amide bonds. The Balaban J connectivity index is 1.41. The average molecular weight is 362 g/mol. The molecule has 0 spiro atoms. The Morgan fingerprint density at radius 2 is 1.88 bits per heavy atom. The van der Waals surface area contributed by atoms with Crippen LogP contribution in [0, 0.1) is 0 Å².